The van der Waals surface area contributed by atoms with E-state index in [1.807, 2.05) is 57.2 Å². The number of ether oxygens (including phenoxy) is 1. The third-order valence-electron chi connectivity index (χ3n) is 6.59. The molecule has 2 aromatic carbocycles. The number of piperazine rings is 1. The number of halogens is 4. The smallest absolute Gasteiger partial charge is 0.417 e. The maximum atomic E-state index is 13.6. The molecule has 9 heteroatoms. The normalized spacial score (nSPS) is 16.1. The number of hydrogen-bond donors (Lipinski definition) is 0. The Morgan fingerprint density at radius 1 is 1.11 bits per heavy atom. The van der Waals surface area contributed by atoms with Gasteiger partial charge in [0.2, 0.25) is 0 Å². The maximum Gasteiger partial charge on any atom is 0.417 e. The molecule has 5 nitrogen and oxygen atoms in total. The fourth-order valence-corrected chi connectivity index (χ4v) is 4.95. The fraction of sp³-hybridized carbons (Fsp3) is 0.357. The highest BCUT2D eigenvalue weighted by molar-refractivity contribution is 6.30. The van der Waals surface area contributed by atoms with Gasteiger partial charge in [-0.1, -0.05) is 30.7 Å². The molecule has 0 spiro atoms. The van der Waals surface area contributed by atoms with Crippen LogP contribution in [0.4, 0.5) is 18.9 Å². The summed E-state index contributed by atoms with van der Waals surface area (Å²) in [5.41, 5.74) is 2.09. The predicted octanol–water partition coefficient (Wildman–Crippen LogP) is 6.87. The van der Waals surface area contributed by atoms with E-state index in [4.69, 9.17) is 21.3 Å². The molecule has 0 N–H and O–H groups in total. The molecule has 37 heavy (non-hydrogen) atoms. The molecular formula is C28H29ClF3N3O2. The van der Waals surface area contributed by atoms with Gasteiger partial charge in [-0.2, -0.15) is 13.2 Å². The van der Waals surface area contributed by atoms with Crippen molar-refractivity contribution >= 4 is 23.2 Å². The average Bonchev–Trinajstić information content (AvgIpc) is 2.88. The van der Waals surface area contributed by atoms with Crippen molar-refractivity contribution in [2.45, 2.75) is 39.4 Å². The molecule has 1 aliphatic rings. The van der Waals surface area contributed by atoms with Crippen LogP contribution in [0.25, 0.3) is 11.3 Å². The standard InChI is InChI=1S/C28H29ClF3N3O2/c1-4-20-17-34(27(36)21-11-10-19(29)16-23(21)28(30,31)32)14-15-35(20)25-13-12-24(33-18(25)3)22-8-6-7-9-26(22)37-5-2/h6-13,16,20H,4-5,14-15,17H2,1-3H3/t20-/m1/s1. The van der Waals surface area contributed by atoms with Gasteiger partial charge < -0.3 is 14.5 Å². The van der Waals surface area contributed by atoms with E-state index in [2.05, 4.69) is 4.90 Å². The molecule has 0 saturated carbocycles. The quantitative estimate of drug-likeness (QED) is 0.348. The molecule has 0 radical (unpaired) electrons. The first kappa shape index (κ1) is 26.8. The van der Waals surface area contributed by atoms with Crippen molar-refractivity contribution in [1.82, 2.24) is 9.88 Å². The molecule has 1 saturated heterocycles. The predicted molar refractivity (Wildman–Crippen MR) is 139 cm³/mol. The van der Waals surface area contributed by atoms with Gasteiger partial charge in [0.25, 0.3) is 5.91 Å². The van der Waals surface area contributed by atoms with Crippen LogP contribution >= 0.6 is 11.6 Å². The first-order valence-electron chi connectivity index (χ1n) is 12.3. The molecule has 196 valence electrons. The highest BCUT2D eigenvalue weighted by Crippen LogP contribution is 2.36. The van der Waals surface area contributed by atoms with Gasteiger partial charge in [-0.25, -0.2) is 0 Å². The van der Waals surface area contributed by atoms with Gasteiger partial charge in [-0.3, -0.25) is 9.78 Å². The Morgan fingerprint density at radius 2 is 1.86 bits per heavy atom. The van der Waals surface area contributed by atoms with Gasteiger partial charge >= 0.3 is 6.18 Å². The van der Waals surface area contributed by atoms with Crippen LogP contribution < -0.4 is 9.64 Å². The Hall–Kier alpha value is -3.26. The second-order valence-electron chi connectivity index (χ2n) is 8.92. The molecule has 1 atom stereocenters. The van der Waals surface area contributed by atoms with Crippen LogP contribution in [0.3, 0.4) is 0 Å². The van der Waals surface area contributed by atoms with Crippen LogP contribution in [-0.4, -0.2) is 48.1 Å². The largest absolute Gasteiger partial charge is 0.493 e. The van der Waals surface area contributed by atoms with E-state index in [0.29, 0.717) is 32.7 Å². The van der Waals surface area contributed by atoms with E-state index in [0.717, 1.165) is 40.5 Å². The van der Waals surface area contributed by atoms with E-state index in [-0.39, 0.29) is 16.6 Å². The van der Waals surface area contributed by atoms with Crippen LogP contribution in [0, 0.1) is 6.92 Å². The number of anilines is 1. The van der Waals surface area contributed by atoms with Crippen molar-refractivity contribution < 1.29 is 22.7 Å². The number of carbonyl (C=O) groups excluding carboxylic acids is 1. The Balaban J connectivity index is 1.57. The van der Waals surface area contributed by atoms with E-state index in [1.165, 1.54) is 11.0 Å². The molecule has 0 aliphatic carbocycles. The maximum absolute atomic E-state index is 13.6. The summed E-state index contributed by atoms with van der Waals surface area (Å²) in [6.07, 6.45) is -3.96. The van der Waals surface area contributed by atoms with E-state index >= 15 is 0 Å². The Kier molecular flexibility index (Phi) is 7.97. The van der Waals surface area contributed by atoms with E-state index < -0.39 is 17.6 Å². The number of para-hydroxylation sites is 1. The Bertz CT molecular complexity index is 1280. The van der Waals surface area contributed by atoms with E-state index in [1.54, 1.807) is 0 Å². The lowest BCUT2D eigenvalue weighted by molar-refractivity contribution is -0.138. The summed E-state index contributed by atoms with van der Waals surface area (Å²) in [4.78, 5) is 21.7. The van der Waals surface area contributed by atoms with Gasteiger partial charge in [0.15, 0.2) is 0 Å². The number of alkyl halides is 3. The zero-order valence-electron chi connectivity index (χ0n) is 21.0. The lowest BCUT2D eigenvalue weighted by atomic mass is 10.0. The zero-order valence-corrected chi connectivity index (χ0v) is 21.7. The first-order valence-corrected chi connectivity index (χ1v) is 12.6. The second kappa shape index (κ2) is 11.0. The van der Waals surface area contributed by atoms with Crippen molar-refractivity contribution in [2.24, 2.45) is 0 Å². The SMILES string of the molecule is CCOc1ccccc1-c1ccc(N2CCN(C(=O)c3ccc(Cl)cc3C(F)(F)F)C[C@H]2CC)c(C)n1. The number of amides is 1. The minimum atomic E-state index is -4.67. The molecule has 2 heterocycles. The number of aromatic nitrogens is 1. The van der Waals surface area contributed by atoms with E-state index in [9.17, 15) is 18.0 Å². The number of nitrogens with zero attached hydrogens (tertiary/aromatic N) is 3. The number of hydrogen-bond acceptors (Lipinski definition) is 4. The summed E-state index contributed by atoms with van der Waals surface area (Å²) in [5, 5.41) is -0.0598. The van der Waals surface area contributed by atoms with Crippen molar-refractivity contribution in [1.29, 1.82) is 0 Å². The van der Waals surface area contributed by atoms with Crippen molar-refractivity contribution in [3.63, 3.8) is 0 Å². The molecule has 1 amide bonds. The average molecular weight is 532 g/mol. The highest BCUT2D eigenvalue weighted by Gasteiger charge is 2.38. The fourth-order valence-electron chi connectivity index (χ4n) is 4.78. The summed E-state index contributed by atoms with van der Waals surface area (Å²) >= 11 is 5.79. The molecule has 1 fully saturated rings. The lowest BCUT2D eigenvalue weighted by Gasteiger charge is -2.43. The van der Waals surface area contributed by atoms with Gasteiger partial charge in [0, 0.05) is 36.3 Å². The van der Waals surface area contributed by atoms with Crippen LogP contribution in [-0.2, 0) is 6.18 Å². The topological polar surface area (TPSA) is 45.7 Å². The van der Waals surface area contributed by atoms with Crippen molar-refractivity contribution in [2.75, 3.05) is 31.1 Å². The summed E-state index contributed by atoms with van der Waals surface area (Å²) < 4.78 is 46.5. The second-order valence-corrected chi connectivity index (χ2v) is 9.36. The molecule has 1 aliphatic heterocycles. The van der Waals surface area contributed by atoms with Crippen LogP contribution in [0.15, 0.2) is 54.6 Å². The summed E-state index contributed by atoms with van der Waals surface area (Å²) in [6, 6.07) is 14.9. The number of aryl methyl sites for hydroxylation is 1. The molecule has 1 aromatic heterocycles. The number of benzene rings is 2. The third-order valence-corrected chi connectivity index (χ3v) is 6.82. The number of rotatable bonds is 6. The Morgan fingerprint density at radius 3 is 2.54 bits per heavy atom. The Labute approximate surface area is 219 Å². The van der Waals surface area contributed by atoms with Gasteiger partial charge in [-0.15, -0.1) is 0 Å². The van der Waals surface area contributed by atoms with Gasteiger partial charge in [0.05, 0.1) is 34.8 Å². The van der Waals surface area contributed by atoms with Crippen LogP contribution in [0.1, 0.15) is 41.9 Å². The number of pyridine rings is 1. The lowest BCUT2D eigenvalue weighted by Crippen LogP contribution is -2.55. The highest BCUT2D eigenvalue weighted by atomic mass is 35.5. The summed E-state index contributed by atoms with van der Waals surface area (Å²) in [5.74, 6) is 0.128. The van der Waals surface area contributed by atoms with Crippen LogP contribution in [0.2, 0.25) is 5.02 Å². The minimum Gasteiger partial charge on any atom is -0.493 e. The minimum absolute atomic E-state index is 0.0598. The van der Waals surface area contributed by atoms with Gasteiger partial charge in [0.1, 0.15) is 5.75 Å². The van der Waals surface area contributed by atoms with Gasteiger partial charge in [-0.05, 0) is 62.7 Å². The van der Waals surface area contributed by atoms with Crippen molar-refractivity contribution in [3.8, 4) is 17.0 Å². The van der Waals surface area contributed by atoms with Crippen LogP contribution in [0.5, 0.6) is 5.75 Å². The number of carbonyl (C=O) groups is 1. The molecular weight excluding hydrogens is 503 g/mol. The zero-order chi connectivity index (χ0) is 26.7. The monoisotopic (exact) mass is 531 g/mol. The molecule has 4 rings (SSSR count). The molecule has 0 unspecified atom stereocenters. The molecule has 0 bridgehead atoms. The molecule has 3 aromatic rings. The summed E-state index contributed by atoms with van der Waals surface area (Å²) in [6.45, 7) is 7.52. The third kappa shape index (κ3) is 5.69. The first-order chi connectivity index (χ1) is 17.6. The summed E-state index contributed by atoms with van der Waals surface area (Å²) in [7, 11) is 0. The van der Waals surface area contributed by atoms with Crippen molar-refractivity contribution in [3.05, 3.63) is 76.4 Å².